The molecule has 0 bridgehead atoms. The largest absolute Gasteiger partial charge is 0.377 e. The van der Waals surface area contributed by atoms with Gasteiger partial charge in [0.15, 0.2) is 0 Å². The molecule has 0 aliphatic carbocycles. The van der Waals surface area contributed by atoms with Crippen LogP contribution in [0.25, 0.3) is 10.9 Å². The summed E-state index contributed by atoms with van der Waals surface area (Å²) in [5, 5.41) is 6.25. The molecule has 3 rings (SSSR count). The van der Waals surface area contributed by atoms with Crippen molar-refractivity contribution < 1.29 is 4.74 Å². The molecule has 2 aromatic heterocycles. The topological polar surface area (TPSA) is 39.9 Å². The summed E-state index contributed by atoms with van der Waals surface area (Å²) in [5.41, 5.74) is 4.26. The molecular formula is C17H18ClN3O. The summed E-state index contributed by atoms with van der Waals surface area (Å²) >= 11 is 6.01. The van der Waals surface area contributed by atoms with Gasteiger partial charge in [-0.15, -0.1) is 0 Å². The van der Waals surface area contributed by atoms with Crippen LogP contribution in [-0.2, 0) is 17.9 Å². The van der Waals surface area contributed by atoms with E-state index in [-0.39, 0.29) is 0 Å². The lowest BCUT2D eigenvalue weighted by molar-refractivity contribution is 0.133. The van der Waals surface area contributed by atoms with Gasteiger partial charge in [-0.25, -0.2) is 0 Å². The number of aromatic nitrogens is 3. The van der Waals surface area contributed by atoms with Crippen molar-refractivity contribution in [2.24, 2.45) is 0 Å². The molecule has 3 aromatic rings. The van der Waals surface area contributed by atoms with Crippen LogP contribution in [0.15, 0.2) is 36.7 Å². The van der Waals surface area contributed by atoms with Gasteiger partial charge in [0.25, 0.3) is 0 Å². The number of nitrogens with zero attached hydrogens (tertiary/aromatic N) is 3. The summed E-state index contributed by atoms with van der Waals surface area (Å²) in [4.78, 5) is 4.31. The number of hydrogen-bond acceptors (Lipinski definition) is 3. The van der Waals surface area contributed by atoms with E-state index in [1.54, 1.807) is 6.20 Å². The van der Waals surface area contributed by atoms with Gasteiger partial charge in [-0.05, 0) is 37.6 Å². The number of pyridine rings is 1. The van der Waals surface area contributed by atoms with E-state index in [4.69, 9.17) is 16.3 Å². The molecule has 0 saturated carbocycles. The fourth-order valence-electron chi connectivity index (χ4n) is 2.43. The Bertz CT molecular complexity index is 798. The second kappa shape index (κ2) is 6.46. The second-order valence-electron chi connectivity index (χ2n) is 5.26. The van der Waals surface area contributed by atoms with E-state index in [1.165, 1.54) is 5.56 Å². The fraction of sp³-hybridized carbons (Fsp3) is 0.294. The first-order chi connectivity index (χ1) is 10.7. The highest BCUT2D eigenvalue weighted by atomic mass is 35.5. The number of halogens is 1. The van der Waals surface area contributed by atoms with Gasteiger partial charge >= 0.3 is 0 Å². The molecule has 0 spiro atoms. The molecule has 0 radical (unpaired) electrons. The third-order valence-electron chi connectivity index (χ3n) is 3.57. The molecule has 0 fully saturated rings. The first-order valence-corrected chi connectivity index (χ1v) is 7.68. The van der Waals surface area contributed by atoms with Crippen molar-refractivity contribution in [1.82, 2.24) is 14.8 Å². The first-order valence-electron chi connectivity index (χ1n) is 7.30. The van der Waals surface area contributed by atoms with Crippen LogP contribution in [0.3, 0.4) is 0 Å². The molecule has 2 heterocycles. The average molecular weight is 316 g/mol. The maximum atomic E-state index is 6.01. The highest BCUT2D eigenvalue weighted by Gasteiger charge is 2.06. The van der Waals surface area contributed by atoms with E-state index in [2.05, 4.69) is 22.2 Å². The first kappa shape index (κ1) is 15.0. The van der Waals surface area contributed by atoms with E-state index in [9.17, 15) is 0 Å². The predicted octanol–water partition coefficient (Wildman–Crippen LogP) is 3.98. The molecule has 0 N–H and O–H groups in total. The maximum absolute atomic E-state index is 6.01. The quantitative estimate of drug-likeness (QED) is 0.715. The maximum Gasteiger partial charge on any atom is 0.0750 e. The Morgan fingerprint density at radius 2 is 2.14 bits per heavy atom. The number of ether oxygens (including phenoxy) is 1. The van der Waals surface area contributed by atoms with Crippen LogP contribution < -0.4 is 0 Å². The number of benzene rings is 1. The fourth-order valence-corrected chi connectivity index (χ4v) is 2.60. The van der Waals surface area contributed by atoms with Gasteiger partial charge in [0.1, 0.15) is 0 Å². The molecule has 5 heteroatoms. The molecule has 22 heavy (non-hydrogen) atoms. The number of fused-ring (bicyclic) bond motifs is 1. The van der Waals surface area contributed by atoms with Crippen molar-refractivity contribution >= 4 is 22.5 Å². The lowest BCUT2D eigenvalue weighted by Crippen LogP contribution is -2.00. The molecule has 0 unspecified atom stereocenters. The Morgan fingerprint density at radius 1 is 1.27 bits per heavy atom. The minimum atomic E-state index is 0.611. The summed E-state index contributed by atoms with van der Waals surface area (Å²) in [5.74, 6) is 0. The standard InChI is InChI=1S/C17H18ClN3O/c1-3-22-11-15-10-21(20-12(15)2)9-13-4-5-17-14(6-13)7-16(18)8-19-17/h4-8,10H,3,9,11H2,1-2H3. The van der Waals surface area contributed by atoms with Gasteiger partial charge in [-0.1, -0.05) is 17.7 Å². The van der Waals surface area contributed by atoms with E-state index >= 15 is 0 Å². The van der Waals surface area contributed by atoms with Crippen molar-refractivity contribution in [3.05, 3.63) is 58.5 Å². The van der Waals surface area contributed by atoms with Gasteiger partial charge in [-0.2, -0.15) is 5.10 Å². The zero-order chi connectivity index (χ0) is 15.5. The average Bonchev–Trinajstić information content (AvgIpc) is 2.84. The Morgan fingerprint density at radius 3 is 2.95 bits per heavy atom. The Kier molecular flexibility index (Phi) is 4.41. The van der Waals surface area contributed by atoms with Gasteiger partial charge in [0.2, 0.25) is 0 Å². The van der Waals surface area contributed by atoms with E-state index in [0.717, 1.165) is 28.7 Å². The third kappa shape index (κ3) is 3.29. The molecule has 0 saturated heterocycles. The Labute approximate surface area is 134 Å². The summed E-state index contributed by atoms with van der Waals surface area (Å²) in [7, 11) is 0. The molecule has 0 aliphatic rings. The van der Waals surface area contributed by atoms with E-state index < -0.39 is 0 Å². The third-order valence-corrected chi connectivity index (χ3v) is 3.77. The molecule has 4 nitrogen and oxygen atoms in total. The zero-order valence-corrected chi connectivity index (χ0v) is 13.5. The summed E-state index contributed by atoms with van der Waals surface area (Å²) in [6.07, 6.45) is 3.71. The van der Waals surface area contributed by atoms with Crippen LogP contribution in [-0.4, -0.2) is 21.4 Å². The van der Waals surface area contributed by atoms with Crippen molar-refractivity contribution in [3.63, 3.8) is 0 Å². The van der Waals surface area contributed by atoms with Crippen LogP contribution in [0.1, 0.15) is 23.7 Å². The van der Waals surface area contributed by atoms with Gasteiger partial charge in [-0.3, -0.25) is 9.67 Å². The smallest absolute Gasteiger partial charge is 0.0750 e. The Hall–Kier alpha value is -1.91. The van der Waals surface area contributed by atoms with Crippen LogP contribution in [0.5, 0.6) is 0 Å². The lowest BCUT2D eigenvalue weighted by atomic mass is 10.1. The molecule has 0 amide bonds. The van der Waals surface area contributed by atoms with E-state index in [1.807, 2.05) is 36.9 Å². The minimum absolute atomic E-state index is 0.611. The highest BCUT2D eigenvalue weighted by molar-refractivity contribution is 6.31. The SMILES string of the molecule is CCOCc1cn(Cc2ccc3ncc(Cl)cc3c2)nc1C. The zero-order valence-electron chi connectivity index (χ0n) is 12.7. The second-order valence-corrected chi connectivity index (χ2v) is 5.69. The van der Waals surface area contributed by atoms with Crippen LogP contribution in [0.4, 0.5) is 0 Å². The van der Waals surface area contributed by atoms with Gasteiger partial charge in [0, 0.05) is 30.0 Å². The van der Waals surface area contributed by atoms with Crippen molar-refractivity contribution in [2.45, 2.75) is 27.0 Å². The number of aryl methyl sites for hydroxylation is 1. The molecule has 0 atom stereocenters. The minimum Gasteiger partial charge on any atom is -0.377 e. The normalized spacial score (nSPS) is 11.2. The van der Waals surface area contributed by atoms with E-state index in [0.29, 0.717) is 18.2 Å². The van der Waals surface area contributed by atoms with Crippen molar-refractivity contribution in [3.8, 4) is 0 Å². The monoisotopic (exact) mass is 315 g/mol. The van der Waals surface area contributed by atoms with Crippen molar-refractivity contribution in [2.75, 3.05) is 6.61 Å². The number of hydrogen-bond donors (Lipinski definition) is 0. The number of rotatable bonds is 5. The van der Waals surface area contributed by atoms with Gasteiger partial charge < -0.3 is 4.74 Å². The van der Waals surface area contributed by atoms with Crippen LogP contribution in [0.2, 0.25) is 5.02 Å². The lowest BCUT2D eigenvalue weighted by Gasteiger charge is -2.04. The van der Waals surface area contributed by atoms with Crippen LogP contribution >= 0.6 is 11.6 Å². The molecule has 0 aliphatic heterocycles. The summed E-state index contributed by atoms with van der Waals surface area (Å²) < 4.78 is 7.41. The molecular weight excluding hydrogens is 298 g/mol. The van der Waals surface area contributed by atoms with Crippen molar-refractivity contribution in [1.29, 1.82) is 0 Å². The summed E-state index contributed by atoms with van der Waals surface area (Å²) in [6, 6.07) is 8.12. The molecule has 114 valence electrons. The highest BCUT2D eigenvalue weighted by Crippen LogP contribution is 2.19. The molecule has 1 aromatic carbocycles. The predicted molar refractivity (Wildman–Crippen MR) is 88.1 cm³/mol. The Balaban J connectivity index is 1.83. The summed E-state index contributed by atoms with van der Waals surface area (Å²) in [6.45, 7) is 6.04. The van der Waals surface area contributed by atoms with Gasteiger partial charge in [0.05, 0.1) is 29.4 Å². The van der Waals surface area contributed by atoms with Crippen LogP contribution in [0, 0.1) is 6.92 Å².